The topological polar surface area (TPSA) is 18.5 Å². The van der Waals surface area contributed by atoms with E-state index in [4.69, 9.17) is 9.47 Å². The summed E-state index contributed by atoms with van der Waals surface area (Å²) in [6, 6.07) is 0. The lowest BCUT2D eigenvalue weighted by molar-refractivity contribution is -0.396. The molecular formula is C14H19F9O2. The smallest absolute Gasteiger partial charge is 0.381 e. The highest BCUT2D eigenvalue weighted by Gasteiger charge is 2.81. The molecule has 1 unspecified atom stereocenters. The molecule has 11 heteroatoms. The Bertz CT molecular complexity index is 404. The lowest BCUT2D eigenvalue weighted by Gasteiger charge is -2.33. The summed E-state index contributed by atoms with van der Waals surface area (Å²) in [7, 11) is 0. The Morgan fingerprint density at radius 2 is 1.48 bits per heavy atom. The van der Waals surface area contributed by atoms with Crippen LogP contribution in [0, 0.1) is 0 Å². The van der Waals surface area contributed by atoms with Crippen molar-refractivity contribution in [3.8, 4) is 0 Å². The van der Waals surface area contributed by atoms with Gasteiger partial charge in [0.2, 0.25) is 0 Å². The molecule has 0 amide bonds. The van der Waals surface area contributed by atoms with Gasteiger partial charge in [0, 0.05) is 26.2 Å². The molecule has 1 rings (SSSR count). The number of alkyl halides is 9. The third kappa shape index (κ3) is 5.38. The summed E-state index contributed by atoms with van der Waals surface area (Å²) in [6.07, 6.45) is -6.31. The Morgan fingerprint density at radius 3 is 2.00 bits per heavy atom. The van der Waals surface area contributed by atoms with E-state index >= 15 is 0 Å². The largest absolute Gasteiger partial charge is 0.460 e. The molecule has 1 saturated heterocycles. The van der Waals surface area contributed by atoms with Gasteiger partial charge in [0.25, 0.3) is 0 Å². The van der Waals surface area contributed by atoms with Crippen molar-refractivity contribution in [1.29, 1.82) is 0 Å². The summed E-state index contributed by atoms with van der Waals surface area (Å²) in [5, 5.41) is 0. The zero-order chi connectivity index (χ0) is 19.4. The second-order valence-electron chi connectivity index (χ2n) is 5.84. The maximum Gasteiger partial charge on any atom is 0.460 e. The molecular weight excluding hydrogens is 371 g/mol. The van der Waals surface area contributed by atoms with Crippen LogP contribution < -0.4 is 0 Å². The van der Waals surface area contributed by atoms with Crippen LogP contribution in [0.3, 0.4) is 0 Å². The van der Waals surface area contributed by atoms with Gasteiger partial charge < -0.3 is 9.47 Å². The average Bonchev–Trinajstić information content (AvgIpc) is 2.50. The van der Waals surface area contributed by atoms with Gasteiger partial charge in [-0.1, -0.05) is 0 Å². The first-order valence-corrected chi connectivity index (χ1v) is 7.72. The van der Waals surface area contributed by atoms with Crippen molar-refractivity contribution in [1.82, 2.24) is 0 Å². The van der Waals surface area contributed by atoms with Crippen molar-refractivity contribution < 1.29 is 49.0 Å². The number of hydrogen-bond donors (Lipinski definition) is 0. The fourth-order valence-electron chi connectivity index (χ4n) is 2.31. The highest BCUT2D eigenvalue weighted by molar-refractivity contribution is 5.00. The minimum Gasteiger partial charge on any atom is -0.381 e. The highest BCUT2D eigenvalue weighted by Crippen LogP contribution is 2.54. The second-order valence-corrected chi connectivity index (χ2v) is 5.84. The molecule has 2 nitrogen and oxygen atoms in total. The molecule has 1 atom stereocenters. The van der Waals surface area contributed by atoms with E-state index in [1.807, 2.05) is 0 Å². The number of hydrogen-bond acceptors (Lipinski definition) is 2. The molecule has 0 radical (unpaired) electrons. The van der Waals surface area contributed by atoms with Gasteiger partial charge in [-0.25, -0.2) is 0 Å². The van der Waals surface area contributed by atoms with Gasteiger partial charge >= 0.3 is 23.9 Å². The van der Waals surface area contributed by atoms with E-state index in [2.05, 4.69) is 0 Å². The third-order valence-electron chi connectivity index (χ3n) is 3.85. The summed E-state index contributed by atoms with van der Waals surface area (Å²) in [6.45, 7) is 0.223. The Labute approximate surface area is 138 Å². The molecule has 0 N–H and O–H groups in total. The molecule has 150 valence electrons. The molecule has 1 aliphatic heterocycles. The second kappa shape index (κ2) is 8.32. The monoisotopic (exact) mass is 390 g/mol. The van der Waals surface area contributed by atoms with Crippen LogP contribution in [0.4, 0.5) is 39.5 Å². The van der Waals surface area contributed by atoms with Gasteiger partial charge in [-0.05, 0) is 32.1 Å². The minimum atomic E-state index is -6.83. The first-order valence-electron chi connectivity index (χ1n) is 7.72. The van der Waals surface area contributed by atoms with Crippen molar-refractivity contribution in [3.05, 3.63) is 0 Å². The van der Waals surface area contributed by atoms with Crippen molar-refractivity contribution >= 4 is 0 Å². The summed E-state index contributed by atoms with van der Waals surface area (Å²) >= 11 is 0. The van der Waals surface area contributed by atoms with Crippen LogP contribution in [0.1, 0.15) is 38.5 Å². The van der Waals surface area contributed by atoms with E-state index in [0.29, 0.717) is 13.0 Å². The fraction of sp³-hybridized carbons (Fsp3) is 1.00. The Hall–Kier alpha value is -0.710. The maximum absolute atomic E-state index is 13.2. The summed E-state index contributed by atoms with van der Waals surface area (Å²) in [5.74, 6) is -18.9. The van der Waals surface area contributed by atoms with Crippen LogP contribution in [0.5, 0.6) is 0 Å². The third-order valence-corrected chi connectivity index (χ3v) is 3.85. The summed E-state index contributed by atoms with van der Waals surface area (Å²) in [5.41, 5.74) is 0. The molecule has 0 aliphatic carbocycles. The van der Waals surface area contributed by atoms with Crippen LogP contribution in [-0.2, 0) is 9.47 Å². The zero-order valence-electron chi connectivity index (χ0n) is 13.2. The quantitative estimate of drug-likeness (QED) is 0.398. The number of halogens is 9. The average molecular weight is 390 g/mol. The van der Waals surface area contributed by atoms with Crippen molar-refractivity contribution in [3.63, 3.8) is 0 Å². The van der Waals surface area contributed by atoms with E-state index in [9.17, 15) is 39.5 Å². The standard InChI is InChI=1S/C14H19F9O2/c15-11(16,12(17,18)13(19,20)14(21,22)23)6-3-7-24-9-5-10-4-1-2-8-25-10/h10H,1-9H2. The predicted molar refractivity (Wildman–Crippen MR) is 69.2 cm³/mol. The van der Waals surface area contributed by atoms with Crippen LogP contribution >= 0.6 is 0 Å². The molecule has 1 aliphatic rings. The first kappa shape index (κ1) is 22.3. The molecule has 0 saturated carbocycles. The Kier molecular flexibility index (Phi) is 7.43. The lowest BCUT2D eigenvalue weighted by atomic mass is 10.00. The Morgan fingerprint density at radius 1 is 0.840 bits per heavy atom. The summed E-state index contributed by atoms with van der Waals surface area (Å²) < 4.78 is 124. The molecule has 1 heterocycles. The normalized spacial score (nSPS) is 20.8. The van der Waals surface area contributed by atoms with Crippen LogP contribution in [0.15, 0.2) is 0 Å². The molecule has 25 heavy (non-hydrogen) atoms. The van der Waals surface area contributed by atoms with Gasteiger partial charge in [0.15, 0.2) is 0 Å². The van der Waals surface area contributed by atoms with E-state index in [-0.39, 0.29) is 12.7 Å². The van der Waals surface area contributed by atoms with Crippen LogP contribution in [0.25, 0.3) is 0 Å². The number of ether oxygens (including phenoxy) is 2. The number of rotatable bonds is 9. The molecule has 0 aromatic carbocycles. The fourth-order valence-corrected chi connectivity index (χ4v) is 2.31. The van der Waals surface area contributed by atoms with Gasteiger partial charge in [-0.15, -0.1) is 0 Å². The van der Waals surface area contributed by atoms with Gasteiger partial charge in [0.05, 0.1) is 6.10 Å². The van der Waals surface area contributed by atoms with E-state index in [1.54, 1.807) is 0 Å². The van der Waals surface area contributed by atoms with Crippen molar-refractivity contribution in [2.45, 2.75) is 68.6 Å². The van der Waals surface area contributed by atoms with Crippen LogP contribution in [0.2, 0.25) is 0 Å². The van der Waals surface area contributed by atoms with E-state index in [1.165, 1.54) is 0 Å². The molecule has 0 spiro atoms. The molecule has 1 fully saturated rings. The van der Waals surface area contributed by atoms with Crippen molar-refractivity contribution in [2.24, 2.45) is 0 Å². The van der Waals surface area contributed by atoms with Gasteiger partial charge in [-0.2, -0.15) is 39.5 Å². The summed E-state index contributed by atoms with van der Waals surface area (Å²) in [4.78, 5) is 0. The minimum absolute atomic E-state index is 0.0509. The van der Waals surface area contributed by atoms with Gasteiger partial charge in [0.1, 0.15) is 0 Å². The van der Waals surface area contributed by atoms with Crippen molar-refractivity contribution in [2.75, 3.05) is 19.8 Å². The highest BCUT2D eigenvalue weighted by atomic mass is 19.4. The Balaban J connectivity index is 2.38. The lowest BCUT2D eigenvalue weighted by Crippen LogP contribution is -2.60. The molecule has 0 bridgehead atoms. The maximum atomic E-state index is 13.2. The first-order chi connectivity index (χ1) is 11.3. The van der Waals surface area contributed by atoms with Gasteiger partial charge in [-0.3, -0.25) is 0 Å². The zero-order valence-corrected chi connectivity index (χ0v) is 13.2. The van der Waals surface area contributed by atoms with Crippen LogP contribution in [-0.4, -0.2) is 49.9 Å². The van der Waals surface area contributed by atoms with E-state index < -0.39 is 43.4 Å². The molecule has 0 aromatic heterocycles. The SMILES string of the molecule is FC(F)(F)C(F)(F)C(F)(F)C(F)(F)CCCOCCC1CCCCO1. The van der Waals surface area contributed by atoms with E-state index in [0.717, 1.165) is 19.3 Å². The predicted octanol–water partition coefficient (Wildman–Crippen LogP) is 5.21. The molecule has 0 aromatic rings.